The molecule has 0 unspecified atom stereocenters. The van der Waals surface area contributed by atoms with Gasteiger partial charge in [0.15, 0.2) is 10.7 Å². The van der Waals surface area contributed by atoms with E-state index in [1.165, 1.54) is 4.90 Å². The third-order valence-electron chi connectivity index (χ3n) is 8.25. The summed E-state index contributed by atoms with van der Waals surface area (Å²) in [6.07, 6.45) is 2.81. The maximum Gasteiger partial charge on any atom is 0.259 e. The number of carbonyl (C=O) groups is 1. The molecule has 4 aliphatic rings. The molecule has 32 heavy (non-hydrogen) atoms. The predicted octanol–water partition coefficient (Wildman–Crippen LogP) is 3.89. The van der Waals surface area contributed by atoms with Gasteiger partial charge in [-0.05, 0) is 73.0 Å². The number of methoxy groups -OCH3 is 1. The maximum absolute atomic E-state index is 14.1. The molecular weight excluding hydrogens is 432 g/mol. The van der Waals surface area contributed by atoms with Crippen LogP contribution in [0, 0.1) is 28.6 Å². The minimum absolute atomic E-state index is 0.132. The van der Waals surface area contributed by atoms with Crippen LogP contribution in [0.2, 0.25) is 0 Å². The molecule has 5 rings (SSSR count). The number of carbonyl (C=O) groups excluding carboxylic acids is 1. The molecule has 2 spiro atoms. The fraction of sp³-hybridized carbons (Fsp3) is 0.625. The minimum Gasteiger partial charge on any atom is -0.381 e. The molecule has 1 saturated heterocycles. The van der Waals surface area contributed by atoms with Gasteiger partial charge in [-0.3, -0.25) is 9.69 Å². The molecule has 1 aromatic carbocycles. The summed E-state index contributed by atoms with van der Waals surface area (Å²) in [4.78, 5) is 15.7. The number of rotatable bonds is 3. The number of nitriles is 1. The summed E-state index contributed by atoms with van der Waals surface area (Å²) in [5.41, 5.74) is 0.889. The first-order valence-corrected chi connectivity index (χ1v) is 11.6. The lowest BCUT2D eigenvalue weighted by molar-refractivity contribution is -0.144. The van der Waals surface area contributed by atoms with E-state index in [-0.39, 0.29) is 43.2 Å². The van der Waals surface area contributed by atoms with Gasteiger partial charge in [0.2, 0.25) is 5.92 Å². The van der Waals surface area contributed by atoms with E-state index in [1.54, 1.807) is 13.2 Å². The first-order valence-electron chi connectivity index (χ1n) is 11.2. The predicted molar refractivity (Wildman–Crippen MR) is 118 cm³/mol. The van der Waals surface area contributed by atoms with Crippen LogP contribution < -0.4 is 5.32 Å². The van der Waals surface area contributed by atoms with Gasteiger partial charge in [0.1, 0.15) is 0 Å². The normalized spacial score (nSPS) is 35.7. The van der Waals surface area contributed by atoms with Crippen molar-refractivity contribution >= 4 is 23.2 Å². The van der Waals surface area contributed by atoms with E-state index in [9.17, 15) is 18.8 Å². The number of thiocarbonyl (C=S) groups is 1. The molecule has 0 aromatic heterocycles. The Bertz CT molecular complexity index is 1030. The molecule has 2 saturated carbocycles. The quantitative estimate of drug-likeness (QED) is 0.695. The Hall–Kier alpha value is -2.11. The largest absolute Gasteiger partial charge is 0.381 e. The van der Waals surface area contributed by atoms with Crippen LogP contribution in [0.5, 0.6) is 0 Å². The molecule has 8 heteroatoms. The van der Waals surface area contributed by atoms with Gasteiger partial charge in [-0.2, -0.15) is 5.26 Å². The highest BCUT2D eigenvalue weighted by Crippen LogP contribution is 2.61. The van der Waals surface area contributed by atoms with E-state index < -0.39 is 16.9 Å². The Kier molecular flexibility index (Phi) is 4.88. The van der Waals surface area contributed by atoms with E-state index in [0.29, 0.717) is 17.1 Å². The van der Waals surface area contributed by atoms with E-state index in [4.69, 9.17) is 17.0 Å². The molecule has 1 amide bonds. The molecule has 170 valence electrons. The third kappa shape index (κ3) is 2.94. The highest BCUT2D eigenvalue weighted by Gasteiger charge is 2.68. The molecule has 1 aromatic rings. The molecule has 3 aliphatic carbocycles. The molecule has 1 aliphatic heterocycles. The summed E-state index contributed by atoms with van der Waals surface area (Å²) < 4.78 is 32.6. The van der Waals surface area contributed by atoms with E-state index in [0.717, 1.165) is 30.4 Å². The lowest BCUT2D eigenvalue weighted by Gasteiger charge is -2.49. The van der Waals surface area contributed by atoms with Gasteiger partial charge in [-0.15, -0.1) is 0 Å². The number of alkyl halides is 2. The molecule has 3 fully saturated rings. The van der Waals surface area contributed by atoms with E-state index in [2.05, 4.69) is 18.3 Å². The number of nitrogens with zero attached hydrogens (tertiary/aromatic N) is 2. The van der Waals surface area contributed by atoms with Crippen LogP contribution in [0.4, 0.5) is 8.78 Å². The van der Waals surface area contributed by atoms with Crippen molar-refractivity contribution in [2.24, 2.45) is 17.3 Å². The van der Waals surface area contributed by atoms with Gasteiger partial charge < -0.3 is 10.1 Å². The van der Waals surface area contributed by atoms with Crippen molar-refractivity contribution in [3.8, 4) is 6.07 Å². The smallest absolute Gasteiger partial charge is 0.259 e. The van der Waals surface area contributed by atoms with Crippen molar-refractivity contribution in [1.82, 2.24) is 10.2 Å². The molecule has 1 N–H and O–H groups in total. The minimum atomic E-state index is -2.64. The Balaban J connectivity index is 1.56. The number of nitrogens with one attached hydrogen (secondary N) is 1. The van der Waals surface area contributed by atoms with Crippen LogP contribution >= 0.6 is 12.2 Å². The first kappa shape index (κ1) is 21.7. The van der Waals surface area contributed by atoms with Crippen LogP contribution in [0.3, 0.4) is 0 Å². The molecule has 5 nitrogen and oxygen atoms in total. The van der Waals surface area contributed by atoms with Crippen molar-refractivity contribution in [1.29, 1.82) is 5.26 Å². The lowest BCUT2D eigenvalue weighted by Crippen LogP contribution is -2.58. The van der Waals surface area contributed by atoms with Crippen LogP contribution in [-0.2, 0) is 21.5 Å². The van der Waals surface area contributed by atoms with Crippen LogP contribution in [0.1, 0.15) is 55.7 Å². The van der Waals surface area contributed by atoms with E-state index >= 15 is 0 Å². The number of hydrogen-bond donors (Lipinski definition) is 1. The average Bonchev–Trinajstić information content (AvgIpc) is 3.13. The second-order valence-electron chi connectivity index (χ2n) is 10.2. The summed E-state index contributed by atoms with van der Waals surface area (Å²) >= 11 is 5.61. The summed E-state index contributed by atoms with van der Waals surface area (Å²) in [5, 5.41) is 13.2. The summed E-state index contributed by atoms with van der Waals surface area (Å²) in [6.45, 7) is 2.36. The first-order chi connectivity index (χ1) is 15.1. The number of fused-ring (bicyclic) bond motifs is 3. The second kappa shape index (κ2) is 7.19. The van der Waals surface area contributed by atoms with Crippen molar-refractivity contribution < 1.29 is 18.3 Å². The zero-order valence-electron chi connectivity index (χ0n) is 18.3. The number of amides is 1. The van der Waals surface area contributed by atoms with Gasteiger partial charge in [0, 0.05) is 31.9 Å². The number of hydrogen-bond acceptors (Lipinski definition) is 4. The van der Waals surface area contributed by atoms with Crippen molar-refractivity contribution in [3.63, 3.8) is 0 Å². The topological polar surface area (TPSA) is 65.4 Å². The second-order valence-corrected chi connectivity index (χ2v) is 10.5. The highest BCUT2D eigenvalue weighted by atomic mass is 32.1. The van der Waals surface area contributed by atoms with Gasteiger partial charge in [0.25, 0.3) is 5.91 Å². The van der Waals surface area contributed by atoms with Crippen LogP contribution in [0.15, 0.2) is 18.2 Å². The zero-order valence-corrected chi connectivity index (χ0v) is 19.1. The Labute approximate surface area is 192 Å². The Morgan fingerprint density at radius 2 is 2.09 bits per heavy atom. The maximum atomic E-state index is 14.1. The van der Waals surface area contributed by atoms with Crippen LogP contribution in [-0.4, -0.2) is 41.6 Å². The number of ether oxygens (including phenoxy) is 1. The zero-order chi connectivity index (χ0) is 22.9. The van der Waals surface area contributed by atoms with Gasteiger partial charge >= 0.3 is 0 Å². The van der Waals surface area contributed by atoms with Gasteiger partial charge in [0.05, 0.1) is 17.7 Å². The fourth-order valence-corrected chi connectivity index (χ4v) is 7.10. The molecule has 1 heterocycles. The Morgan fingerprint density at radius 1 is 1.34 bits per heavy atom. The van der Waals surface area contributed by atoms with Crippen molar-refractivity contribution in [2.45, 2.75) is 63.0 Å². The van der Waals surface area contributed by atoms with Crippen molar-refractivity contribution in [3.05, 3.63) is 34.9 Å². The number of benzene rings is 1. The van der Waals surface area contributed by atoms with Gasteiger partial charge in [-0.1, -0.05) is 13.0 Å². The van der Waals surface area contributed by atoms with Crippen LogP contribution in [0.25, 0.3) is 0 Å². The monoisotopic (exact) mass is 459 g/mol. The van der Waals surface area contributed by atoms with E-state index in [1.807, 2.05) is 12.1 Å². The summed E-state index contributed by atoms with van der Waals surface area (Å²) in [7, 11) is 1.72. The third-order valence-corrected chi connectivity index (χ3v) is 8.57. The average molecular weight is 460 g/mol. The Morgan fingerprint density at radius 3 is 2.72 bits per heavy atom. The lowest BCUT2D eigenvalue weighted by atomic mass is 9.59. The standard InChI is InChI=1S/C24H27F2N3O2S/c1-14-8-22(6-5-19(14)31-2)11-17-4-3-15(12-27)7-18(17)24(22)20(30)29(21(32)28-24)13-16-9-23(25,26)10-16/h3-4,7,14,16,19H,5-6,8-11,13H2,1-2H3,(H,28,32)/t14-,19-,22-,24+/m0/s1. The van der Waals surface area contributed by atoms with Gasteiger partial charge in [-0.25, -0.2) is 8.78 Å². The fourth-order valence-electron chi connectivity index (χ4n) is 6.79. The SMILES string of the molecule is CO[C@H]1CC[C@@]2(Cc3ccc(C#N)cc3[C@]23NC(=S)N(CC2CC(F)(F)C2)C3=O)C[C@@H]1C. The van der Waals surface area contributed by atoms with Crippen molar-refractivity contribution in [2.75, 3.05) is 13.7 Å². The number of halogens is 2. The molecule has 0 radical (unpaired) electrons. The summed E-state index contributed by atoms with van der Waals surface area (Å²) in [5.74, 6) is -2.81. The molecule has 0 bridgehead atoms. The molecule has 4 atom stereocenters. The highest BCUT2D eigenvalue weighted by molar-refractivity contribution is 7.80. The summed E-state index contributed by atoms with van der Waals surface area (Å²) in [6, 6.07) is 7.74. The molecular formula is C24H27F2N3O2S.